The van der Waals surface area contributed by atoms with E-state index in [0.29, 0.717) is 11.5 Å². The highest BCUT2D eigenvalue weighted by Crippen LogP contribution is 2.22. The molecule has 0 radical (unpaired) electrons. The van der Waals surface area contributed by atoms with Crippen LogP contribution in [0, 0.1) is 11.3 Å². The minimum atomic E-state index is 0.427. The summed E-state index contributed by atoms with van der Waals surface area (Å²) in [5.41, 5.74) is 1.37. The quantitative estimate of drug-likeness (QED) is 0.822. The maximum Gasteiger partial charge on any atom is 0.162 e. The number of hydrogen-bond donors (Lipinski definition) is 0. The molecule has 19 heavy (non-hydrogen) atoms. The topological polar surface area (TPSA) is 52.8 Å². The second-order valence-electron chi connectivity index (χ2n) is 4.61. The molecule has 1 saturated heterocycles. The normalized spacial score (nSPS) is 14.4. The fourth-order valence-corrected chi connectivity index (χ4v) is 2.32. The molecule has 2 aromatic rings. The van der Waals surface area contributed by atoms with Crippen LogP contribution in [-0.4, -0.2) is 23.1 Å². The second kappa shape index (κ2) is 5.07. The van der Waals surface area contributed by atoms with Gasteiger partial charge in [0.05, 0.1) is 0 Å². The Labute approximate surface area is 112 Å². The molecule has 1 aliphatic heterocycles. The van der Waals surface area contributed by atoms with Crippen molar-refractivity contribution in [3.05, 3.63) is 42.1 Å². The van der Waals surface area contributed by atoms with Gasteiger partial charge in [-0.05, 0) is 12.8 Å². The number of rotatable bonds is 2. The number of anilines is 1. The molecule has 4 heteroatoms. The molecular formula is C15H14N4. The summed E-state index contributed by atoms with van der Waals surface area (Å²) < 4.78 is 0. The Kier molecular flexibility index (Phi) is 3.11. The molecule has 0 spiro atoms. The Morgan fingerprint density at radius 2 is 1.79 bits per heavy atom. The van der Waals surface area contributed by atoms with Crippen molar-refractivity contribution < 1.29 is 0 Å². The fourth-order valence-electron chi connectivity index (χ4n) is 2.32. The van der Waals surface area contributed by atoms with Gasteiger partial charge in [0.15, 0.2) is 5.82 Å². The fraction of sp³-hybridized carbons (Fsp3) is 0.267. The van der Waals surface area contributed by atoms with E-state index < -0.39 is 0 Å². The van der Waals surface area contributed by atoms with Crippen LogP contribution in [0.25, 0.3) is 11.4 Å². The highest BCUT2D eigenvalue weighted by molar-refractivity contribution is 5.59. The second-order valence-corrected chi connectivity index (χ2v) is 4.61. The van der Waals surface area contributed by atoms with Gasteiger partial charge in [-0.25, -0.2) is 9.97 Å². The van der Waals surface area contributed by atoms with Crippen LogP contribution in [0.3, 0.4) is 0 Å². The molecule has 0 unspecified atom stereocenters. The average molecular weight is 250 g/mol. The maximum absolute atomic E-state index is 9.12. The van der Waals surface area contributed by atoms with Crippen LogP contribution in [0.15, 0.2) is 36.4 Å². The zero-order valence-corrected chi connectivity index (χ0v) is 10.6. The van der Waals surface area contributed by atoms with Gasteiger partial charge in [0.25, 0.3) is 0 Å². The van der Waals surface area contributed by atoms with Gasteiger partial charge < -0.3 is 4.90 Å². The van der Waals surface area contributed by atoms with Crippen molar-refractivity contribution in [3.63, 3.8) is 0 Å². The summed E-state index contributed by atoms with van der Waals surface area (Å²) in [5, 5.41) is 9.12. The van der Waals surface area contributed by atoms with E-state index >= 15 is 0 Å². The lowest BCUT2D eigenvalue weighted by Crippen LogP contribution is -2.19. The third kappa shape index (κ3) is 2.41. The van der Waals surface area contributed by atoms with Crippen molar-refractivity contribution in [2.45, 2.75) is 12.8 Å². The monoisotopic (exact) mass is 250 g/mol. The average Bonchev–Trinajstić information content (AvgIpc) is 3.02. The molecule has 1 aromatic heterocycles. The first-order valence-corrected chi connectivity index (χ1v) is 6.46. The first kappa shape index (κ1) is 11.7. The third-order valence-corrected chi connectivity index (χ3v) is 3.29. The number of benzene rings is 1. The minimum Gasteiger partial charge on any atom is -0.356 e. The van der Waals surface area contributed by atoms with Gasteiger partial charge in [0.2, 0.25) is 0 Å². The van der Waals surface area contributed by atoms with E-state index in [-0.39, 0.29) is 0 Å². The molecule has 0 atom stereocenters. The van der Waals surface area contributed by atoms with Crippen LogP contribution in [0.2, 0.25) is 0 Å². The summed E-state index contributed by atoms with van der Waals surface area (Å²) in [4.78, 5) is 11.1. The van der Waals surface area contributed by atoms with Crippen LogP contribution in [0.1, 0.15) is 18.5 Å². The van der Waals surface area contributed by atoms with Crippen molar-refractivity contribution in [2.24, 2.45) is 0 Å². The molecule has 0 aliphatic carbocycles. The Bertz CT molecular complexity index is 610. The molecular weight excluding hydrogens is 236 g/mol. The third-order valence-electron chi connectivity index (χ3n) is 3.29. The highest BCUT2D eigenvalue weighted by Gasteiger charge is 2.16. The minimum absolute atomic E-state index is 0.427. The summed E-state index contributed by atoms with van der Waals surface area (Å²) >= 11 is 0. The summed E-state index contributed by atoms with van der Waals surface area (Å²) in [6.07, 6.45) is 2.37. The molecule has 2 heterocycles. The van der Waals surface area contributed by atoms with E-state index in [0.717, 1.165) is 24.5 Å². The van der Waals surface area contributed by atoms with Crippen LogP contribution < -0.4 is 4.90 Å². The van der Waals surface area contributed by atoms with Gasteiger partial charge in [-0.15, -0.1) is 0 Å². The zero-order valence-electron chi connectivity index (χ0n) is 10.6. The first-order valence-electron chi connectivity index (χ1n) is 6.46. The lowest BCUT2D eigenvalue weighted by atomic mass is 10.2. The molecule has 1 aromatic carbocycles. The molecule has 4 nitrogen and oxygen atoms in total. The first-order chi connectivity index (χ1) is 9.36. The van der Waals surface area contributed by atoms with Crippen LogP contribution in [-0.2, 0) is 0 Å². The summed E-state index contributed by atoms with van der Waals surface area (Å²) in [5.74, 6) is 1.49. The largest absolute Gasteiger partial charge is 0.356 e. The Morgan fingerprint density at radius 3 is 2.47 bits per heavy atom. The van der Waals surface area contributed by atoms with E-state index in [1.807, 2.05) is 30.3 Å². The molecule has 94 valence electrons. The molecule has 1 aliphatic rings. The van der Waals surface area contributed by atoms with Crippen molar-refractivity contribution in [1.82, 2.24) is 9.97 Å². The van der Waals surface area contributed by atoms with E-state index in [9.17, 15) is 0 Å². The predicted octanol–water partition coefficient (Wildman–Crippen LogP) is 2.62. The number of nitrogens with zero attached hydrogens (tertiary/aromatic N) is 4. The van der Waals surface area contributed by atoms with Crippen LogP contribution in [0.5, 0.6) is 0 Å². The van der Waals surface area contributed by atoms with Crippen LogP contribution in [0.4, 0.5) is 5.82 Å². The van der Waals surface area contributed by atoms with E-state index in [1.165, 1.54) is 12.8 Å². The maximum atomic E-state index is 9.12. The molecule has 1 fully saturated rings. The van der Waals surface area contributed by atoms with Crippen molar-refractivity contribution >= 4 is 5.82 Å². The SMILES string of the molecule is N#Cc1cc(N2CCCC2)nc(-c2ccccc2)n1. The molecule has 0 amide bonds. The summed E-state index contributed by atoms with van der Waals surface area (Å²) in [7, 11) is 0. The van der Waals surface area contributed by atoms with E-state index in [2.05, 4.69) is 20.9 Å². The predicted molar refractivity (Wildman–Crippen MR) is 73.6 cm³/mol. The molecule has 0 saturated carbocycles. The lowest BCUT2D eigenvalue weighted by molar-refractivity contribution is 0.927. The Balaban J connectivity index is 2.05. The standard InChI is InChI=1S/C15H14N4/c16-11-13-10-14(19-8-4-5-9-19)18-15(17-13)12-6-2-1-3-7-12/h1-3,6-7,10H,4-5,8-9H2. The van der Waals surface area contributed by atoms with Gasteiger partial charge in [-0.2, -0.15) is 5.26 Å². The molecule has 3 rings (SSSR count). The zero-order chi connectivity index (χ0) is 13.1. The Morgan fingerprint density at radius 1 is 1.05 bits per heavy atom. The van der Waals surface area contributed by atoms with Gasteiger partial charge in [0.1, 0.15) is 17.6 Å². The van der Waals surface area contributed by atoms with Gasteiger partial charge in [0, 0.05) is 24.7 Å². The van der Waals surface area contributed by atoms with Crippen molar-refractivity contribution in [2.75, 3.05) is 18.0 Å². The van der Waals surface area contributed by atoms with Gasteiger partial charge in [-0.3, -0.25) is 0 Å². The van der Waals surface area contributed by atoms with Gasteiger partial charge in [-0.1, -0.05) is 30.3 Å². The number of aromatic nitrogens is 2. The smallest absolute Gasteiger partial charge is 0.162 e. The van der Waals surface area contributed by atoms with Crippen molar-refractivity contribution in [3.8, 4) is 17.5 Å². The highest BCUT2D eigenvalue weighted by atomic mass is 15.2. The Hall–Kier alpha value is -2.41. The van der Waals surface area contributed by atoms with Gasteiger partial charge >= 0.3 is 0 Å². The molecule has 0 N–H and O–H groups in total. The lowest BCUT2D eigenvalue weighted by Gasteiger charge is -2.17. The number of nitriles is 1. The van der Waals surface area contributed by atoms with E-state index in [1.54, 1.807) is 6.07 Å². The number of hydrogen-bond acceptors (Lipinski definition) is 4. The summed E-state index contributed by atoms with van der Waals surface area (Å²) in [6, 6.07) is 13.7. The molecule has 0 bridgehead atoms. The summed E-state index contributed by atoms with van der Waals surface area (Å²) in [6.45, 7) is 2.02. The van der Waals surface area contributed by atoms with Crippen LogP contribution >= 0.6 is 0 Å². The van der Waals surface area contributed by atoms with Crippen molar-refractivity contribution in [1.29, 1.82) is 5.26 Å². The van der Waals surface area contributed by atoms with E-state index in [4.69, 9.17) is 5.26 Å².